The molecule has 1 heterocycles. The van der Waals surface area contributed by atoms with Crippen LogP contribution in [0.5, 0.6) is 0 Å². The molecule has 0 aliphatic carbocycles. The molecule has 90 valence electrons. The minimum absolute atomic E-state index is 0.585. The second-order valence-electron chi connectivity index (χ2n) is 3.75. The Bertz CT molecular complexity index is 467. The first-order valence-electron chi connectivity index (χ1n) is 5.52. The molecule has 4 nitrogen and oxygen atoms in total. The van der Waals surface area contributed by atoms with Gasteiger partial charge in [-0.1, -0.05) is 17.7 Å². The SMILES string of the molecule is Nc1c(Cl)cccc1NCCCn1cccn1. The van der Waals surface area contributed by atoms with Crippen molar-refractivity contribution in [1.82, 2.24) is 9.78 Å². The van der Waals surface area contributed by atoms with E-state index in [9.17, 15) is 0 Å². The van der Waals surface area contributed by atoms with Gasteiger partial charge in [-0.05, 0) is 24.6 Å². The van der Waals surface area contributed by atoms with Gasteiger partial charge in [0, 0.05) is 25.5 Å². The molecule has 5 heteroatoms. The molecule has 0 aliphatic rings. The lowest BCUT2D eigenvalue weighted by Gasteiger charge is -2.10. The molecule has 0 radical (unpaired) electrons. The van der Waals surface area contributed by atoms with Crippen LogP contribution in [0.1, 0.15) is 6.42 Å². The van der Waals surface area contributed by atoms with Crippen LogP contribution in [0.25, 0.3) is 0 Å². The summed E-state index contributed by atoms with van der Waals surface area (Å²) in [7, 11) is 0. The van der Waals surface area contributed by atoms with E-state index in [1.165, 1.54) is 0 Å². The fourth-order valence-corrected chi connectivity index (χ4v) is 1.76. The Morgan fingerprint density at radius 3 is 3.00 bits per heavy atom. The summed E-state index contributed by atoms with van der Waals surface area (Å²) in [4.78, 5) is 0. The minimum Gasteiger partial charge on any atom is -0.396 e. The maximum Gasteiger partial charge on any atom is 0.0739 e. The maximum absolute atomic E-state index is 5.93. The number of aromatic nitrogens is 2. The molecule has 0 saturated heterocycles. The number of anilines is 2. The Kier molecular flexibility index (Phi) is 3.88. The van der Waals surface area contributed by atoms with Crippen LogP contribution in [0.3, 0.4) is 0 Å². The van der Waals surface area contributed by atoms with Gasteiger partial charge in [-0.25, -0.2) is 0 Å². The molecule has 0 spiro atoms. The van der Waals surface area contributed by atoms with Gasteiger partial charge in [0.2, 0.25) is 0 Å². The molecule has 2 aromatic rings. The van der Waals surface area contributed by atoms with Gasteiger partial charge in [-0.2, -0.15) is 5.10 Å². The standard InChI is InChI=1S/C12H15ClN4/c13-10-4-1-5-11(12(10)14)15-6-2-8-17-9-3-7-16-17/h1,3-5,7,9,15H,2,6,8,14H2. The van der Waals surface area contributed by atoms with Crippen molar-refractivity contribution in [3.8, 4) is 0 Å². The van der Waals surface area contributed by atoms with Gasteiger partial charge in [0.1, 0.15) is 0 Å². The summed E-state index contributed by atoms with van der Waals surface area (Å²) >= 11 is 5.93. The van der Waals surface area contributed by atoms with Gasteiger partial charge in [-0.15, -0.1) is 0 Å². The lowest BCUT2D eigenvalue weighted by Crippen LogP contribution is -2.08. The number of hydrogen-bond acceptors (Lipinski definition) is 3. The van der Waals surface area contributed by atoms with Crippen molar-refractivity contribution in [2.75, 3.05) is 17.6 Å². The normalized spacial score (nSPS) is 10.4. The molecule has 3 N–H and O–H groups in total. The summed E-state index contributed by atoms with van der Waals surface area (Å²) in [6.45, 7) is 1.73. The number of nitrogens with zero attached hydrogens (tertiary/aromatic N) is 2. The highest BCUT2D eigenvalue weighted by Crippen LogP contribution is 2.26. The molecule has 0 bridgehead atoms. The fraction of sp³-hybridized carbons (Fsp3) is 0.250. The summed E-state index contributed by atoms with van der Waals surface area (Å²) in [5.74, 6) is 0. The quantitative estimate of drug-likeness (QED) is 0.634. The molecule has 17 heavy (non-hydrogen) atoms. The largest absolute Gasteiger partial charge is 0.396 e. The number of aryl methyl sites for hydroxylation is 1. The average molecular weight is 251 g/mol. The van der Waals surface area contributed by atoms with E-state index in [-0.39, 0.29) is 0 Å². The highest BCUT2D eigenvalue weighted by Gasteiger charge is 2.01. The maximum atomic E-state index is 5.93. The van der Waals surface area contributed by atoms with Gasteiger partial charge < -0.3 is 11.1 Å². The van der Waals surface area contributed by atoms with Gasteiger partial charge in [0.25, 0.3) is 0 Å². The number of benzene rings is 1. The average Bonchev–Trinajstić information content (AvgIpc) is 2.83. The van der Waals surface area contributed by atoms with Crippen molar-refractivity contribution in [2.45, 2.75) is 13.0 Å². The topological polar surface area (TPSA) is 55.9 Å². The van der Waals surface area contributed by atoms with Gasteiger partial charge in [-0.3, -0.25) is 4.68 Å². The van der Waals surface area contributed by atoms with Crippen molar-refractivity contribution in [2.24, 2.45) is 0 Å². The predicted molar refractivity (Wildman–Crippen MR) is 71.2 cm³/mol. The van der Waals surface area contributed by atoms with Crippen LogP contribution >= 0.6 is 11.6 Å². The monoisotopic (exact) mass is 250 g/mol. The molecule has 0 fully saturated rings. The van der Waals surface area contributed by atoms with E-state index in [1.807, 2.05) is 29.1 Å². The Morgan fingerprint density at radius 1 is 1.35 bits per heavy atom. The van der Waals surface area contributed by atoms with Crippen molar-refractivity contribution >= 4 is 23.0 Å². The number of hydrogen-bond donors (Lipinski definition) is 2. The molecule has 0 unspecified atom stereocenters. The van der Waals surface area contributed by atoms with E-state index in [0.29, 0.717) is 10.7 Å². The van der Waals surface area contributed by atoms with Crippen molar-refractivity contribution in [3.05, 3.63) is 41.7 Å². The smallest absolute Gasteiger partial charge is 0.0739 e. The van der Waals surface area contributed by atoms with Gasteiger partial charge in [0.15, 0.2) is 0 Å². The lowest BCUT2D eigenvalue weighted by molar-refractivity contribution is 0.592. The zero-order chi connectivity index (χ0) is 12.1. The van der Waals surface area contributed by atoms with E-state index in [0.717, 1.165) is 25.2 Å². The molecular weight excluding hydrogens is 236 g/mol. The Morgan fingerprint density at radius 2 is 2.24 bits per heavy atom. The highest BCUT2D eigenvalue weighted by atomic mass is 35.5. The minimum atomic E-state index is 0.585. The van der Waals surface area contributed by atoms with Crippen molar-refractivity contribution in [1.29, 1.82) is 0 Å². The molecule has 1 aromatic heterocycles. The van der Waals surface area contributed by atoms with Crippen molar-refractivity contribution < 1.29 is 0 Å². The lowest BCUT2D eigenvalue weighted by atomic mass is 10.2. The molecular formula is C12H15ClN4. The summed E-state index contributed by atoms with van der Waals surface area (Å²) in [5.41, 5.74) is 7.34. The second-order valence-corrected chi connectivity index (χ2v) is 4.16. The van der Waals surface area contributed by atoms with E-state index < -0.39 is 0 Å². The Labute approximate surface area is 105 Å². The molecule has 1 aromatic carbocycles. The Balaban J connectivity index is 1.80. The van der Waals surface area contributed by atoms with E-state index in [4.69, 9.17) is 17.3 Å². The number of rotatable bonds is 5. The summed E-state index contributed by atoms with van der Waals surface area (Å²) in [5, 5.41) is 7.99. The molecule has 0 atom stereocenters. The van der Waals surface area contributed by atoms with Crippen LogP contribution in [-0.4, -0.2) is 16.3 Å². The highest BCUT2D eigenvalue weighted by molar-refractivity contribution is 6.33. The van der Waals surface area contributed by atoms with Crippen LogP contribution in [0.4, 0.5) is 11.4 Å². The van der Waals surface area contributed by atoms with Gasteiger partial charge >= 0.3 is 0 Å². The summed E-state index contributed by atoms with van der Waals surface area (Å²) in [6.07, 6.45) is 4.71. The zero-order valence-electron chi connectivity index (χ0n) is 9.44. The first-order chi connectivity index (χ1) is 8.27. The molecule has 0 aliphatic heterocycles. The first kappa shape index (κ1) is 11.8. The number of nitrogen functional groups attached to an aromatic ring is 1. The van der Waals surface area contributed by atoms with Crippen LogP contribution in [0.15, 0.2) is 36.7 Å². The van der Waals surface area contributed by atoms with E-state index >= 15 is 0 Å². The molecule has 2 rings (SSSR count). The number of nitrogens with one attached hydrogen (secondary N) is 1. The van der Waals surface area contributed by atoms with Crippen molar-refractivity contribution in [3.63, 3.8) is 0 Å². The third kappa shape index (κ3) is 3.14. The number of nitrogens with two attached hydrogens (primary N) is 1. The van der Waals surface area contributed by atoms with E-state index in [1.54, 1.807) is 12.3 Å². The summed E-state index contributed by atoms with van der Waals surface area (Å²) < 4.78 is 1.91. The molecule has 0 saturated carbocycles. The van der Waals surface area contributed by atoms with E-state index in [2.05, 4.69) is 10.4 Å². The second kappa shape index (κ2) is 5.59. The summed E-state index contributed by atoms with van der Waals surface area (Å²) in [6, 6.07) is 7.51. The van der Waals surface area contributed by atoms with Crippen LogP contribution in [-0.2, 0) is 6.54 Å². The third-order valence-corrected chi connectivity index (χ3v) is 2.82. The predicted octanol–water partition coefficient (Wildman–Crippen LogP) is 2.62. The van der Waals surface area contributed by atoms with Crippen LogP contribution in [0.2, 0.25) is 5.02 Å². The molecule has 0 amide bonds. The first-order valence-corrected chi connectivity index (χ1v) is 5.90. The number of halogens is 1. The fourth-order valence-electron chi connectivity index (χ4n) is 1.59. The van der Waals surface area contributed by atoms with Crippen LogP contribution in [0, 0.1) is 0 Å². The third-order valence-electron chi connectivity index (χ3n) is 2.49. The zero-order valence-corrected chi connectivity index (χ0v) is 10.2. The number of para-hydroxylation sites is 1. The van der Waals surface area contributed by atoms with Gasteiger partial charge in [0.05, 0.1) is 16.4 Å². The van der Waals surface area contributed by atoms with Crippen LogP contribution < -0.4 is 11.1 Å². The Hall–Kier alpha value is -1.68.